The highest BCUT2D eigenvalue weighted by Gasteiger charge is 2.15. The monoisotopic (exact) mass is 360 g/mol. The van der Waals surface area contributed by atoms with Gasteiger partial charge in [0.05, 0.1) is 11.3 Å². The van der Waals surface area contributed by atoms with E-state index in [2.05, 4.69) is 4.72 Å². The van der Waals surface area contributed by atoms with Crippen LogP contribution in [-0.2, 0) is 21.2 Å². The molecule has 0 aliphatic carbocycles. The van der Waals surface area contributed by atoms with Gasteiger partial charge in [-0.05, 0) is 56.2 Å². The van der Waals surface area contributed by atoms with Crippen LogP contribution in [0.3, 0.4) is 0 Å². The molecule has 0 spiro atoms. The molecule has 2 rings (SSSR count). The van der Waals surface area contributed by atoms with Crippen molar-refractivity contribution in [3.63, 3.8) is 0 Å². The highest BCUT2D eigenvalue weighted by molar-refractivity contribution is 7.92. The van der Waals surface area contributed by atoms with Crippen LogP contribution in [0.25, 0.3) is 0 Å². The maximum Gasteiger partial charge on any atom is 0.261 e. The summed E-state index contributed by atoms with van der Waals surface area (Å²) in [6, 6.07) is 13.7. The number of likely N-dealkylation sites (N-methyl/N-ethyl adjacent to an activating group) is 1. The van der Waals surface area contributed by atoms with Crippen LogP contribution < -0.4 is 4.72 Å². The van der Waals surface area contributed by atoms with Crippen molar-refractivity contribution >= 4 is 21.6 Å². The lowest BCUT2D eigenvalue weighted by atomic mass is 10.1. The fourth-order valence-electron chi connectivity index (χ4n) is 2.55. The Morgan fingerprint density at radius 1 is 1.04 bits per heavy atom. The molecule has 25 heavy (non-hydrogen) atoms. The van der Waals surface area contributed by atoms with Gasteiger partial charge in [0, 0.05) is 18.8 Å². The van der Waals surface area contributed by atoms with Crippen LogP contribution in [0.2, 0.25) is 0 Å². The zero-order valence-electron chi connectivity index (χ0n) is 14.8. The molecule has 0 bridgehead atoms. The number of amides is 1. The predicted molar refractivity (Wildman–Crippen MR) is 100 cm³/mol. The first kappa shape index (κ1) is 19.0. The zero-order chi connectivity index (χ0) is 18.4. The second-order valence-electron chi connectivity index (χ2n) is 5.86. The summed E-state index contributed by atoms with van der Waals surface area (Å²) in [5.41, 5.74) is 2.21. The van der Waals surface area contributed by atoms with Gasteiger partial charge < -0.3 is 4.90 Å². The van der Waals surface area contributed by atoms with E-state index in [1.54, 1.807) is 47.4 Å². The fourth-order valence-corrected chi connectivity index (χ4v) is 3.71. The van der Waals surface area contributed by atoms with Crippen molar-refractivity contribution < 1.29 is 13.2 Å². The number of anilines is 1. The number of rotatable bonds is 7. The molecule has 1 amide bonds. The van der Waals surface area contributed by atoms with Gasteiger partial charge in [0.2, 0.25) is 5.91 Å². The third-order valence-corrected chi connectivity index (χ3v) is 5.36. The lowest BCUT2D eigenvalue weighted by Gasteiger charge is -2.18. The quantitative estimate of drug-likeness (QED) is 0.824. The standard InChI is InChI=1S/C19H24N2O3S/c1-4-21(5-2)19(22)14-16-9-11-17(12-10-16)20-25(23,24)18-8-6-7-15(3)13-18/h6-13,20H,4-5,14H2,1-3H3. The third-order valence-electron chi connectivity index (χ3n) is 3.98. The number of aryl methyl sites for hydroxylation is 1. The lowest BCUT2D eigenvalue weighted by Crippen LogP contribution is -2.31. The summed E-state index contributed by atoms with van der Waals surface area (Å²) in [6.07, 6.45) is 0.312. The third kappa shape index (κ3) is 5.06. The molecule has 0 aromatic heterocycles. The molecule has 0 saturated heterocycles. The van der Waals surface area contributed by atoms with E-state index in [0.29, 0.717) is 25.2 Å². The first-order valence-corrected chi connectivity index (χ1v) is 9.80. The van der Waals surface area contributed by atoms with Crippen molar-refractivity contribution in [3.05, 3.63) is 59.7 Å². The van der Waals surface area contributed by atoms with E-state index >= 15 is 0 Å². The second kappa shape index (κ2) is 8.16. The van der Waals surface area contributed by atoms with Crippen molar-refractivity contribution in [1.29, 1.82) is 0 Å². The Bertz CT molecular complexity index is 826. The van der Waals surface area contributed by atoms with Crippen LogP contribution in [0.1, 0.15) is 25.0 Å². The SMILES string of the molecule is CCN(CC)C(=O)Cc1ccc(NS(=O)(=O)c2cccc(C)c2)cc1. The number of hydrogen-bond donors (Lipinski definition) is 1. The number of carbonyl (C=O) groups is 1. The Kier molecular flexibility index (Phi) is 6.20. The summed E-state index contributed by atoms with van der Waals surface area (Å²) in [5.74, 6) is 0.0677. The number of benzene rings is 2. The largest absolute Gasteiger partial charge is 0.343 e. The van der Waals surface area contributed by atoms with Gasteiger partial charge in [0.25, 0.3) is 10.0 Å². The summed E-state index contributed by atoms with van der Waals surface area (Å²) in [6.45, 7) is 7.11. The first-order valence-electron chi connectivity index (χ1n) is 8.32. The Hall–Kier alpha value is -2.34. The van der Waals surface area contributed by atoms with E-state index < -0.39 is 10.0 Å². The minimum absolute atomic E-state index is 0.0677. The summed E-state index contributed by atoms with van der Waals surface area (Å²) < 4.78 is 27.4. The Morgan fingerprint density at radius 2 is 1.68 bits per heavy atom. The predicted octanol–water partition coefficient (Wildman–Crippen LogP) is 3.21. The highest BCUT2D eigenvalue weighted by Crippen LogP contribution is 2.18. The molecule has 6 heteroatoms. The minimum Gasteiger partial charge on any atom is -0.343 e. The molecular weight excluding hydrogens is 336 g/mol. The Labute approximate surface area is 149 Å². The van der Waals surface area contributed by atoms with Crippen LogP contribution in [0, 0.1) is 6.92 Å². The number of hydrogen-bond acceptors (Lipinski definition) is 3. The van der Waals surface area contributed by atoms with Gasteiger partial charge in [-0.25, -0.2) is 8.42 Å². The van der Waals surface area contributed by atoms with Crippen molar-refractivity contribution in [2.75, 3.05) is 17.8 Å². The van der Waals surface area contributed by atoms with E-state index in [4.69, 9.17) is 0 Å². The number of carbonyl (C=O) groups excluding carboxylic acids is 1. The number of nitrogens with one attached hydrogen (secondary N) is 1. The summed E-state index contributed by atoms with van der Waals surface area (Å²) in [7, 11) is -3.62. The molecule has 0 atom stereocenters. The second-order valence-corrected chi connectivity index (χ2v) is 7.54. The Balaban J connectivity index is 2.09. The lowest BCUT2D eigenvalue weighted by molar-refractivity contribution is -0.130. The van der Waals surface area contributed by atoms with Crippen molar-refractivity contribution in [2.45, 2.75) is 32.1 Å². The summed E-state index contributed by atoms with van der Waals surface area (Å²) in [4.78, 5) is 14.1. The van der Waals surface area contributed by atoms with Gasteiger partial charge >= 0.3 is 0 Å². The molecular formula is C19H24N2O3S. The highest BCUT2D eigenvalue weighted by atomic mass is 32.2. The smallest absolute Gasteiger partial charge is 0.261 e. The topological polar surface area (TPSA) is 66.5 Å². The summed E-state index contributed by atoms with van der Waals surface area (Å²) in [5, 5.41) is 0. The fraction of sp³-hybridized carbons (Fsp3) is 0.316. The van der Waals surface area contributed by atoms with Crippen LogP contribution in [0.15, 0.2) is 53.4 Å². The molecule has 0 fully saturated rings. The summed E-state index contributed by atoms with van der Waals surface area (Å²) >= 11 is 0. The Morgan fingerprint density at radius 3 is 2.24 bits per heavy atom. The van der Waals surface area contributed by atoms with Gasteiger partial charge in [0.1, 0.15) is 0 Å². The molecule has 2 aromatic carbocycles. The molecule has 1 N–H and O–H groups in total. The van der Waals surface area contributed by atoms with Crippen molar-refractivity contribution in [2.24, 2.45) is 0 Å². The maximum atomic E-state index is 12.4. The minimum atomic E-state index is -3.62. The van der Waals surface area contributed by atoms with E-state index in [-0.39, 0.29) is 10.8 Å². The molecule has 2 aromatic rings. The average Bonchev–Trinajstić information content (AvgIpc) is 2.57. The van der Waals surface area contributed by atoms with E-state index in [0.717, 1.165) is 11.1 Å². The van der Waals surface area contributed by atoms with Crippen molar-refractivity contribution in [1.82, 2.24) is 4.90 Å². The molecule has 0 aliphatic rings. The van der Waals surface area contributed by atoms with Crippen LogP contribution in [0.5, 0.6) is 0 Å². The average molecular weight is 360 g/mol. The van der Waals surface area contributed by atoms with Gasteiger partial charge in [-0.1, -0.05) is 24.3 Å². The normalized spacial score (nSPS) is 11.2. The van der Waals surface area contributed by atoms with E-state index in [1.165, 1.54) is 0 Å². The van der Waals surface area contributed by atoms with E-state index in [9.17, 15) is 13.2 Å². The molecule has 0 heterocycles. The van der Waals surface area contributed by atoms with Gasteiger partial charge in [-0.15, -0.1) is 0 Å². The molecule has 134 valence electrons. The molecule has 0 unspecified atom stereocenters. The molecule has 5 nitrogen and oxygen atoms in total. The number of sulfonamides is 1. The van der Waals surface area contributed by atoms with Gasteiger partial charge in [-0.2, -0.15) is 0 Å². The van der Waals surface area contributed by atoms with Crippen LogP contribution >= 0.6 is 0 Å². The first-order chi connectivity index (χ1) is 11.9. The van der Waals surface area contributed by atoms with Gasteiger partial charge in [0.15, 0.2) is 0 Å². The van der Waals surface area contributed by atoms with Crippen LogP contribution in [0.4, 0.5) is 5.69 Å². The molecule has 0 saturated carbocycles. The van der Waals surface area contributed by atoms with Gasteiger partial charge in [-0.3, -0.25) is 9.52 Å². The molecule has 0 radical (unpaired) electrons. The molecule has 0 aliphatic heterocycles. The van der Waals surface area contributed by atoms with Crippen molar-refractivity contribution in [3.8, 4) is 0 Å². The van der Waals surface area contributed by atoms with Crippen LogP contribution in [-0.4, -0.2) is 32.3 Å². The zero-order valence-corrected chi connectivity index (χ0v) is 15.6. The van der Waals surface area contributed by atoms with E-state index in [1.807, 2.05) is 26.8 Å². The number of nitrogens with zero attached hydrogens (tertiary/aromatic N) is 1. The maximum absolute atomic E-state index is 12.4.